The standard InChI is InChI=1S/C23H28F2O11S/c1-8-16(28)13(5-26)35-22(17(8)29)37-23-19(31)20(18(30)14(6-27)36-23)33-7-9-4-10-12(34-21(9)32)3-2-11(24)15(10)25/h2-4,8,13-14,16-20,22-23,26-31H,5-7H2,1H3/t8?,13?,14-,16-,17?,18?,19-,20?,22+,23+/m1/s1. The Kier molecular flexibility index (Phi) is 8.85. The summed E-state index contributed by atoms with van der Waals surface area (Å²) in [5.41, 5.74) is -3.57. The molecule has 2 aromatic rings. The van der Waals surface area contributed by atoms with Crippen molar-refractivity contribution in [2.24, 2.45) is 5.92 Å². The van der Waals surface area contributed by atoms with Crippen LogP contribution in [-0.2, 0) is 20.8 Å². The number of hydrogen-bond acceptors (Lipinski definition) is 12. The first-order valence-corrected chi connectivity index (χ1v) is 12.4. The number of halogens is 2. The molecule has 206 valence electrons. The molecule has 0 amide bonds. The maximum absolute atomic E-state index is 14.2. The van der Waals surface area contributed by atoms with Gasteiger partial charge >= 0.3 is 5.63 Å². The second-order valence-corrected chi connectivity index (χ2v) is 10.2. The first-order valence-electron chi connectivity index (χ1n) is 11.5. The van der Waals surface area contributed by atoms with Gasteiger partial charge < -0.3 is 49.3 Å². The van der Waals surface area contributed by atoms with Gasteiger partial charge in [0, 0.05) is 5.92 Å². The van der Waals surface area contributed by atoms with Crippen molar-refractivity contribution in [1.29, 1.82) is 0 Å². The average Bonchev–Trinajstić information content (AvgIpc) is 2.88. The minimum absolute atomic E-state index is 0.179. The summed E-state index contributed by atoms with van der Waals surface area (Å²) in [5, 5.41) is 61.0. The van der Waals surface area contributed by atoms with Crippen LogP contribution < -0.4 is 5.63 Å². The lowest BCUT2D eigenvalue weighted by Crippen LogP contribution is -2.60. The van der Waals surface area contributed by atoms with E-state index in [9.17, 15) is 44.2 Å². The van der Waals surface area contributed by atoms with Gasteiger partial charge in [0.25, 0.3) is 0 Å². The van der Waals surface area contributed by atoms with Gasteiger partial charge in [-0.3, -0.25) is 0 Å². The molecule has 0 bridgehead atoms. The van der Waals surface area contributed by atoms with E-state index in [1.54, 1.807) is 6.92 Å². The monoisotopic (exact) mass is 550 g/mol. The quantitative estimate of drug-likeness (QED) is 0.237. The second-order valence-electron chi connectivity index (χ2n) is 9.02. The van der Waals surface area contributed by atoms with E-state index in [0.29, 0.717) is 0 Å². The van der Waals surface area contributed by atoms with E-state index < -0.39 is 96.6 Å². The van der Waals surface area contributed by atoms with Crippen molar-refractivity contribution in [2.45, 2.75) is 67.1 Å². The van der Waals surface area contributed by atoms with Crippen LogP contribution >= 0.6 is 11.8 Å². The fraction of sp³-hybridized carbons (Fsp3) is 0.609. The van der Waals surface area contributed by atoms with Crippen LogP contribution in [0.1, 0.15) is 12.5 Å². The van der Waals surface area contributed by atoms with Crippen molar-refractivity contribution in [1.82, 2.24) is 0 Å². The average molecular weight is 551 g/mol. The first kappa shape index (κ1) is 28.3. The predicted molar refractivity (Wildman–Crippen MR) is 123 cm³/mol. The van der Waals surface area contributed by atoms with E-state index >= 15 is 0 Å². The van der Waals surface area contributed by atoms with Crippen LogP contribution in [0.5, 0.6) is 0 Å². The summed E-state index contributed by atoms with van der Waals surface area (Å²) in [4.78, 5) is 12.3. The van der Waals surface area contributed by atoms with E-state index in [0.717, 1.165) is 30.0 Å². The Hall–Kier alpha value is -1.72. The Morgan fingerprint density at radius 3 is 2.22 bits per heavy atom. The van der Waals surface area contributed by atoms with E-state index in [-0.39, 0.29) is 16.5 Å². The molecule has 10 atom stereocenters. The molecule has 2 saturated heterocycles. The molecule has 0 aliphatic carbocycles. The van der Waals surface area contributed by atoms with E-state index in [1.807, 2.05) is 0 Å². The lowest BCUT2D eigenvalue weighted by molar-refractivity contribution is -0.225. The van der Waals surface area contributed by atoms with E-state index in [2.05, 4.69) is 0 Å². The number of benzene rings is 1. The number of ether oxygens (including phenoxy) is 3. The van der Waals surface area contributed by atoms with Crippen molar-refractivity contribution in [3.63, 3.8) is 0 Å². The van der Waals surface area contributed by atoms with Crippen LogP contribution in [0.25, 0.3) is 11.0 Å². The van der Waals surface area contributed by atoms with Crippen LogP contribution in [0, 0.1) is 17.6 Å². The molecule has 0 saturated carbocycles. The molecule has 37 heavy (non-hydrogen) atoms. The summed E-state index contributed by atoms with van der Waals surface area (Å²) >= 11 is 0.797. The lowest BCUT2D eigenvalue weighted by atomic mass is 9.92. The third-order valence-corrected chi connectivity index (χ3v) is 7.94. The van der Waals surface area contributed by atoms with Crippen LogP contribution in [0.4, 0.5) is 8.78 Å². The Bertz CT molecular complexity index is 1150. The second kappa shape index (κ2) is 11.6. The van der Waals surface area contributed by atoms with E-state index in [1.165, 1.54) is 0 Å². The summed E-state index contributed by atoms with van der Waals surface area (Å²) < 4.78 is 49.5. The third-order valence-electron chi connectivity index (χ3n) is 6.62. The first-order chi connectivity index (χ1) is 17.6. The van der Waals surface area contributed by atoms with Crippen molar-refractivity contribution in [3.05, 3.63) is 45.8 Å². The Morgan fingerprint density at radius 2 is 1.57 bits per heavy atom. The highest BCUT2D eigenvalue weighted by atomic mass is 32.2. The number of hydrogen-bond donors (Lipinski definition) is 6. The minimum atomic E-state index is -1.57. The molecule has 1 aromatic heterocycles. The largest absolute Gasteiger partial charge is 0.422 e. The van der Waals surface area contributed by atoms with Gasteiger partial charge in [0.2, 0.25) is 0 Å². The fourth-order valence-corrected chi connectivity index (χ4v) is 5.74. The zero-order valence-corrected chi connectivity index (χ0v) is 20.3. The molecule has 3 heterocycles. The summed E-state index contributed by atoms with van der Waals surface area (Å²) in [6, 6.07) is 2.96. The number of thioether (sulfide) groups is 1. The van der Waals surface area contributed by atoms with Gasteiger partial charge in [-0.05, 0) is 18.2 Å². The Labute approximate surface area is 213 Å². The normalized spacial score (nSPS) is 36.7. The molecular formula is C23H28F2O11S. The number of fused-ring (bicyclic) bond motifs is 1. The van der Waals surface area contributed by atoms with Crippen molar-refractivity contribution < 1.29 is 58.0 Å². The number of aliphatic hydroxyl groups excluding tert-OH is 6. The van der Waals surface area contributed by atoms with Crippen LogP contribution in [0.2, 0.25) is 0 Å². The molecule has 2 aliphatic rings. The zero-order valence-electron chi connectivity index (χ0n) is 19.5. The van der Waals surface area contributed by atoms with Gasteiger partial charge in [-0.15, -0.1) is 0 Å². The lowest BCUT2D eigenvalue weighted by Gasteiger charge is -2.45. The highest BCUT2D eigenvalue weighted by molar-refractivity contribution is 8.00. The van der Waals surface area contributed by atoms with Gasteiger partial charge in [0.1, 0.15) is 47.0 Å². The molecule has 1 aromatic carbocycles. The fourth-order valence-electron chi connectivity index (χ4n) is 4.34. The molecule has 14 heteroatoms. The van der Waals surface area contributed by atoms with Crippen LogP contribution in [-0.4, -0.2) is 97.5 Å². The number of rotatable bonds is 7. The highest BCUT2D eigenvalue weighted by Gasteiger charge is 2.49. The summed E-state index contributed by atoms with van der Waals surface area (Å²) in [5.74, 6) is -3.06. The molecule has 4 rings (SSSR count). The SMILES string of the molecule is CC1C(O)[C@H](S[C@@H]2O[C@H](CO)C(O)C(OCc3cc4c(F)c(F)ccc4oc3=O)[C@H]2O)OC(CO)[C@@H]1O. The third kappa shape index (κ3) is 5.54. The van der Waals surface area contributed by atoms with Crippen molar-refractivity contribution in [3.8, 4) is 0 Å². The maximum Gasteiger partial charge on any atom is 0.341 e. The molecular weight excluding hydrogens is 522 g/mol. The van der Waals surface area contributed by atoms with Crippen LogP contribution in [0.15, 0.2) is 27.4 Å². The minimum Gasteiger partial charge on any atom is -0.422 e. The molecule has 2 aliphatic heterocycles. The topological polar surface area (TPSA) is 179 Å². The molecule has 6 N–H and O–H groups in total. The van der Waals surface area contributed by atoms with Crippen molar-refractivity contribution in [2.75, 3.05) is 13.2 Å². The van der Waals surface area contributed by atoms with Gasteiger partial charge in [-0.1, -0.05) is 18.7 Å². The smallest absolute Gasteiger partial charge is 0.341 e. The van der Waals surface area contributed by atoms with Gasteiger partial charge in [0.05, 0.1) is 43.0 Å². The molecule has 5 unspecified atom stereocenters. The van der Waals surface area contributed by atoms with E-state index in [4.69, 9.17) is 18.6 Å². The van der Waals surface area contributed by atoms with Gasteiger partial charge in [-0.2, -0.15) is 0 Å². The predicted octanol–water partition coefficient (Wildman–Crippen LogP) is -0.796. The molecule has 0 spiro atoms. The summed E-state index contributed by atoms with van der Waals surface area (Å²) in [7, 11) is 0. The Morgan fingerprint density at radius 1 is 0.946 bits per heavy atom. The molecule has 0 radical (unpaired) electrons. The van der Waals surface area contributed by atoms with Crippen molar-refractivity contribution >= 4 is 22.7 Å². The van der Waals surface area contributed by atoms with Gasteiger partial charge in [-0.25, -0.2) is 13.6 Å². The zero-order chi connectivity index (χ0) is 27.0. The molecule has 2 fully saturated rings. The van der Waals surface area contributed by atoms with Gasteiger partial charge in [0.15, 0.2) is 11.6 Å². The highest BCUT2D eigenvalue weighted by Crippen LogP contribution is 2.38. The summed E-state index contributed by atoms with van der Waals surface area (Å²) in [6.45, 7) is -0.203. The Balaban J connectivity index is 1.52. The number of aliphatic hydroxyl groups is 6. The van der Waals surface area contributed by atoms with Crippen LogP contribution in [0.3, 0.4) is 0 Å². The molecule has 11 nitrogen and oxygen atoms in total. The maximum atomic E-state index is 14.2. The summed E-state index contributed by atoms with van der Waals surface area (Å²) in [6.07, 6.45) is -9.13.